The highest BCUT2D eigenvalue weighted by molar-refractivity contribution is 8.18. The van der Waals surface area contributed by atoms with Crippen LogP contribution in [-0.2, 0) is 25.3 Å². The van der Waals surface area contributed by atoms with Crippen molar-refractivity contribution in [2.75, 3.05) is 7.11 Å². The molecule has 1 unspecified atom stereocenters. The minimum absolute atomic E-state index is 0.0439. The Balaban J connectivity index is 1.66. The molecule has 1 amide bonds. The first-order chi connectivity index (χ1) is 17.0. The number of carbonyl (C=O) groups is 2. The molecular formula is C26H23ClN4O4S. The zero-order valence-electron chi connectivity index (χ0n) is 20.1. The molecule has 8 nitrogen and oxygen atoms in total. The maximum Gasteiger partial charge on any atom is 0.331 e. The third-order valence-corrected chi connectivity index (χ3v) is 7.75. The Morgan fingerprint density at radius 1 is 1.22 bits per heavy atom. The number of aliphatic imine (C=N–C) groups is 1. The predicted molar refractivity (Wildman–Crippen MR) is 140 cm³/mol. The maximum atomic E-state index is 12.1. The first-order valence-electron chi connectivity index (χ1n) is 11.2. The summed E-state index contributed by atoms with van der Waals surface area (Å²) in [6.07, 6.45) is 1.77. The standard InChI is InChI=1S/C26H23ClN4O4S/c1-25(2)13-26(3,14-8-6-5-7-9-14)17-11-15(27)10-16-20(23(34)31(25)21(16)17)29-30-24-28-22(33)18(36-24)12-19(32)35-4/h5-12,34H,13H2,1-4H3/b18-12+,30-29?. The Labute approximate surface area is 216 Å². The van der Waals surface area contributed by atoms with Crippen LogP contribution in [0.1, 0.15) is 38.3 Å². The molecule has 5 rings (SSSR count). The molecule has 0 aliphatic carbocycles. The summed E-state index contributed by atoms with van der Waals surface area (Å²) in [4.78, 5) is 27.5. The van der Waals surface area contributed by atoms with Gasteiger partial charge >= 0.3 is 5.97 Å². The molecule has 184 valence electrons. The molecule has 0 radical (unpaired) electrons. The number of rotatable bonds is 3. The van der Waals surface area contributed by atoms with E-state index in [1.165, 1.54) is 7.11 Å². The van der Waals surface area contributed by atoms with E-state index in [9.17, 15) is 14.7 Å². The molecule has 3 heterocycles. The normalized spacial score (nSPS) is 22.0. The van der Waals surface area contributed by atoms with E-state index < -0.39 is 17.4 Å². The monoisotopic (exact) mass is 522 g/mol. The van der Waals surface area contributed by atoms with E-state index in [1.807, 2.05) is 28.8 Å². The Kier molecular flexibility index (Phi) is 5.80. The van der Waals surface area contributed by atoms with Crippen molar-refractivity contribution in [1.82, 2.24) is 4.57 Å². The minimum Gasteiger partial charge on any atom is -0.493 e. The lowest BCUT2D eigenvalue weighted by atomic mass is 9.66. The summed E-state index contributed by atoms with van der Waals surface area (Å²) in [5.74, 6) is -1.31. The van der Waals surface area contributed by atoms with Crippen molar-refractivity contribution < 1.29 is 19.4 Å². The summed E-state index contributed by atoms with van der Waals surface area (Å²) in [5, 5.41) is 21.0. The topological polar surface area (TPSA) is 106 Å². The van der Waals surface area contributed by atoms with Gasteiger partial charge in [-0.1, -0.05) is 48.9 Å². The van der Waals surface area contributed by atoms with Crippen LogP contribution in [0.2, 0.25) is 5.02 Å². The Bertz CT molecular complexity index is 1520. The number of ether oxygens (including phenoxy) is 1. The number of azo groups is 1. The number of halogens is 1. The lowest BCUT2D eigenvalue weighted by molar-refractivity contribution is -0.135. The van der Waals surface area contributed by atoms with Crippen molar-refractivity contribution in [3.8, 4) is 5.88 Å². The number of carbonyl (C=O) groups excluding carboxylic acids is 2. The number of amides is 1. The van der Waals surface area contributed by atoms with Crippen LogP contribution in [0.25, 0.3) is 10.9 Å². The lowest BCUT2D eigenvalue weighted by Gasteiger charge is -2.45. The Hall–Kier alpha value is -3.43. The van der Waals surface area contributed by atoms with Crippen LogP contribution in [-0.4, -0.2) is 33.8 Å². The Morgan fingerprint density at radius 3 is 2.64 bits per heavy atom. The molecule has 1 atom stereocenters. The van der Waals surface area contributed by atoms with Crippen molar-refractivity contribution >= 4 is 57.0 Å². The molecule has 0 saturated heterocycles. The van der Waals surface area contributed by atoms with E-state index in [2.05, 4.69) is 52.9 Å². The van der Waals surface area contributed by atoms with Gasteiger partial charge in [-0.25, -0.2) is 4.79 Å². The number of amidine groups is 1. The number of benzene rings is 2. The molecule has 0 bridgehead atoms. The van der Waals surface area contributed by atoms with Crippen LogP contribution >= 0.6 is 23.4 Å². The molecule has 3 aromatic rings. The number of aromatic hydroxyl groups is 1. The van der Waals surface area contributed by atoms with E-state index in [4.69, 9.17) is 11.6 Å². The van der Waals surface area contributed by atoms with Gasteiger partial charge in [-0.2, -0.15) is 4.99 Å². The predicted octanol–water partition coefficient (Wildman–Crippen LogP) is 6.22. The number of nitrogens with zero attached hydrogens (tertiary/aromatic N) is 4. The summed E-state index contributed by atoms with van der Waals surface area (Å²) in [6, 6.07) is 13.9. The molecule has 0 saturated carbocycles. The van der Waals surface area contributed by atoms with E-state index in [0.29, 0.717) is 16.8 Å². The Morgan fingerprint density at radius 2 is 1.94 bits per heavy atom. The van der Waals surface area contributed by atoms with Gasteiger partial charge in [0.1, 0.15) is 0 Å². The van der Waals surface area contributed by atoms with Crippen LogP contribution < -0.4 is 0 Å². The first kappa shape index (κ1) is 24.3. The fourth-order valence-corrected chi connectivity index (χ4v) is 6.18. The van der Waals surface area contributed by atoms with Gasteiger partial charge in [0.05, 0.1) is 17.5 Å². The zero-order chi connectivity index (χ0) is 25.8. The molecule has 2 aliphatic rings. The second kappa shape index (κ2) is 8.60. The molecule has 1 N–H and O–H groups in total. The molecule has 1 aromatic heterocycles. The summed E-state index contributed by atoms with van der Waals surface area (Å²) < 4.78 is 6.45. The number of methoxy groups -OCH3 is 1. The average molecular weight is 523 g/mol. The molecule has 0 spiro atoms. The largest absolute Gasteiger partial charge is 0.493 e. The number of hydrogen-bond acceptors (Lipinski definition) is 7. The molecule has 2 aliphatic heterocycles. The molecule has 0 fully saturated rings. The molecule has 10 heteroatoms. The van der Waals surface area contributed by atoms with E-state index in [-0.39, 0.29) is 27.1 Å². The second-order valence-electron chi connectivity index (χ2n) is 9.58. The zero-order valence-corrected chi connectivity index (χ0v) is 21.6. The van der Waals surface area contributed by atoms with Crippen molar-refractivity contribution in [2.45, 2.75) is 38.1 Å². The van der Waals surface area contributed by atoms with Gasteiger partial charge in [0, 0.05) is 27.4 Å². The molecule has 36 heavy (non-hydrogen) atoms. The van der Waals surface area contributed by atoms with Crippen LogP contribution in [0, 0.1) is 0 Å². The highest BCUT2D eigenvalue weighted by Gasteiger charge is 2.45. The maximum absolute atomic E-state index is 12.1. The van der Waals surface area contributed by atoms with Gasteiger partial charge in [-0.05, 0) is 55.3 Å². The number of aromatic nitrogens is 1. The van der Waals surface area contributed by atoms with Gasteiger partial charge < -0.3 is 14.4 Å². The smallest absolute Gasteiger partial charge is 0.331 e. The molecular weight excluding hydrogens is 500 g/mol. The highest BCUT2D eigenvalue weighted by Crippen LogP contribution is 2.55. The lowest BCUT2D eigenvalue weighted by Crippen LogP contribution is -2.41. The van der Waals surface area contributed by atoms with Crippen LogP contribution in [0.5, 0.6) is 5.88 Å². The van der Waals surface area contributed by atoms with E-state index in [1.54, 1.807) is 6.07 Å². The van der Waals surface area contributed by atoms with Gasteiger partial charge in [0.15, 0.2) is 5.69 Å². The number of hydrogen-bond donors (Lipinski definition) is 1. The average Bonchev–Trinajstić information content (AvgIpc) is 3.32. The fourth-order valence-electron chi connectivity index (χ4n) is 5.26. The van der Waals surface area contributed by atoms with E-state index in [0.717, 1.165) is 34.5 Å². The van der Waals surface area contributed by atoms with Crippen molar-refractivity contribution in [1.29, 1.82) is 0 Å². The van der Waals surface area contributed by atoms with Gasteiger partial charge in [0.2, 0.25) is 11.0 Å². The van der Waals surface area contributed by atoms with Crippen LogP contribution in [0.15, 0.2) is 68.7 Å². The van der Waals surface area contributed by atoms with Crippen LogP contribution in [0.4, 0.5) is 5.69 Å². The van der Waals surface area contributed by atoms with Gasteiger partial charge in [-0.3, -0.25) is 4.79 Å². The quantitative estimate of drug-likeness (QED) is 0.250. The fraction of sp³-hybridized carbons (Fsp3) is 0.269. The summed E-state index contributed by atoms with van der Waals surface area (Å²) in [7, 11) is 1.22. The van der Waals surface area contributed by atoms with Crippen LogP contribution in [0.3, 0.4) is 0 Å². The van der Waals surface area contributed by atoms with Gasteiger partial charge in [0.25, 0.3) is 5.91 Å². The first-order valence-corrected chi connectivity index (χ1v) is 12.4. The third-order valence-electron chi connectivity index (χ3n) is 6.67. The van der Waals surface area contributed by atoms with Crippen molar-refractivity contribution in [3.63, 3.8) is 0 Å². The highest BCUT2D eigenvalue weighted by atomic mass is 35.5. The SMILES string of the molecule is COC(=O)/C=C1/SC(N=Nc2c(O)n3c4c(cc(Cl)cc24)C(C)(c2ccccc2)CC3(C)C)=NC1=O. The summed E-state index contributed by atoms with van der Waals surface area (Å²) in [5.41, 5.74) is 2.37. The van der Waals surface area contributed by atoms with Crippen molar-refractivity contribution in [2.24, 2.45) is 15.2 Å². The van der Waals surface area contributed by atoms with Gasteiger partial charge in [-0.15, -0.1) is 10.2 Å². The number of thioether (sulfide) groups is 1. The number of esters is 1. The summed E-state index contributed by atoms with van der Waals surface area (Å²) in [6.45, 7) is 6.34. The van der Waals surface area contributed by atoms with E-state index >= 15 is 0 Å². The van der Waals surface area contributed by atoms with Crippen molar-refractivity contribution in [3.05, 3.63) is 69.6 Å². The summed E-state index contributed by atoms with van der Waals surface area (Å²) >= 11 is 7.49. The second-order valence-corrected chi connectivity index (χ2v) is 11.0. The minimum atomic E-state index is -0.663. The molecule has 2 aromatic carbocycles. The third kappa shape index (κ3) is 3.83.